The molecule has 0 aliphatic carbocycles. The molecule has 1 saturated heterocycles. The van der Waals surface area contributed by atoms with Crippen LogP contribution in [0.25, 0.3) is 0 Å². The van der Waals surface area contributed by atoms with Crippen LogP contribution >= 0.6 is 0 Å². The highest BCUT2D eigenvalue weighted by molar-refractivity contribution is 5.73. The molecule has 5 heteroatoms. The third-order valence-corrected chi connectivity index (χ3v) is 2.62. The minimum atomic E-state index is -0.209. The van der Waals surface area contributed by atoms with Crippen molar-refractivity contribution in [3.63, 3.8) is 0 Å². The minimum Gasteiger partial charge on any atom is -0.463 e. The van der Waals surface area contributed by atoms with Gasteiger partial charge in [0.2, 0.25) is 0 Å². The van der Waals surface area contributed by atoms with Gasteiger partial charge in [0.1, 0.15) is 6.61 Å². The van der Waals surface area contributed by atoms with E-state index in [4.69, 9.17) is 14.2 Å². The molecule has 0 spiro atoms. The van der Waals surface area contributed by atoms with Crippen LogP contribution in [0.4, 0.5) is 0 Å². The molecule has 0 radical (unpaired) electrons. The lowest BCUT2D eigenvalue weighted by Gasteiger charge is -2.20. The third-order valence-electron chi connectivity index (χ3n) is 2.62. The first kappa shape index (κ1) is 14.4. The molecule has 17 heavy (non-hydrogen) atoms. The largest absolute Gasteiger partial charge is 0.463 e. The standard InChI is InChI=1S/C12H23NO4/c1-12(2,3)17-6-5-16-11(14)9-7-15-8-10(9)13-4/h9-10,13H,5-8H2,1-4H3. The highest BCUT2D eigenvalue weighted by Gasteiger charge is 2.34. The molecule has 1 aliphatic rings. The summed E-state index contributed by atoms with van der Waals surface area (Å²) in [6.45, 7) is 7.62. The van der Waals surface area contributed by atoms with E-state index in [9.17, 15) is 4.79 Å². The third kappa shape index (κ3) is 5.02. The van der Waals surface area contributed by atoms with E-state index in [2.05, 4.69) is 5.32 Å². The van der Waals surface area contributed by atoms with E-state index in [-0.39, 0.29) is 23.5 Å². The van der Waals surface area contributed by atoms with Crippen LogP contribution in [0, 0.1) is 5.92 Å². The Morgan fingerprint density at radius 3 is 2.65 bits per heavy atom. The van der Waals surface area contributed by atoms with Crippen molar-refractivity contribution in [1.29, 1.82) is 0 Å². The zero-order valence-electron chi connectivity index (χ0n) is 11.1. The summed E-state index contributed by atoms with van der Waals surface area (Å²) in [5, 5.41) is 3.05. The molecule has 1 fully saturated rings. The van der Waals surface area contributed by atoms with Gasteiger partial charge in [0.05, 0.1) is 31.3 Å². The van der Waals surface area contributed by atoms with Crippen LogP contribution in [-0.4, -0.2) is 51.1 Å². The average molecular weight is 245 g/mol. The Morgan fingerprint density at radius 2 is 2.06 bits per heavy atom. The highest BCUT2D eigenvalue weighted by atomic mass is 16.6. The molecule has 0 aromatic carbocycles. The number of ether oxygens (including phenoxy) is 3. The first-order valence-electron chi connectivity index (χ1n) is 5.99. The maximum absolute atomic E-state index is 11.7. The van der Waals surface area contributed by atoms with Crippen molar-refractivity contribution in [2.45, 2.75) is 32.4 Å². The minimum absolute atomic E-state index is 0.0611. The SMILES string of the molecule is CNC1COCC1C(=O)OCCOC(C)(C)C. The fourth-order valence-electron chi connectivity index (χ4n) is 1.67. The molecule has 2 unspecified atom stereocenters. The first-order chi connectivity index (χ1) is 7.94. The van der Waals surface area contributed by atoms with Gasteiger partial charge in [0.15, 0.2) is 0 Å². The van der Waals surface area contributed by atoms with Gasteiger partial charge in [0, 0.05) is 6.04 Å². The van der Waals surface area contributed by atoms with Crippen LogP contribution < -0.4 is 5.32 Å². The van der Waals surface area contributed by atoms with E-state index in [1.54, 1.807) is 0 Å². The fourth-order valence-corrected chi connectivity index (χ4v) is 1.67. The Morgan fingerprint density at radius 1 is 1.35 bits per heavy atom. The van der Waals surface area contributed by atoms with Crippen molar-refractivity contribution < 1.29 is 19.0 Å². The maximum atomic E-state index is 11.7. The van der Waals surface area contributed by atoms with Gasteiger partial charge < -0.3 is 19.5 Å². The second kappa shape index (κ2) is 6.33. The summed E-state index contributed by atoms with van der Waals surface area (Å²) in [5.74, 6) is -0.408. The lowest BCUT2D eigenvalue weighted by Crippen LogP contribution is -2.38. The molecule has 0 saturated carbocycles. The van der Waals surface area contributed by atoms with Crippen molar-refractivity contribution in [2.24, 2.45) is 5.92 Å². The Balaban J connectivity index is 2.21. The Kier molecular flexibility index (Phi) is 5.36. The number of rotatable bonds is 5. The van der Waals surface area contributed by atoms with Gasteiger partial charge in [-0.1, -0.05) is 0 Å². The summed E-state index contributed by atoms with van der Waals surface area (Å²) < 4.78 is 15.9. The quantitative estimate of drug-likeness (QED) is 0.567. The number of hydrogen-bond donors (Lipinski definition) is 1. The lowest BCUT2D eigenvalue weighted by atomic mass is 10.0. The van der Waals surface area contributed by atoms with Crippen LogP contribution in [0.5, 0.6) is 0 Å². The number of carbonyl (C=O) groups excluding carboxylic acids is 1. The summed E-state index contributed by atoms with van der Waals surface area (Å²) >= 11 is 0. The van der Waals surface area contributed by atoms with Crippen molar-refractivity contribution in [1.82, 2.24) is 5.32 Å². The van der Waals surface area contributed by atoms with Gasteiger partial charge in [-0.25, -0.2) is 0 Å². The van der Waals surface area contributed by atoms with E-state index >= 15 is 0 Å². The highest BCUT2D eigenvalue weighted by Crippen LogP contribution is 2.15. The van der Waals surface area contributed by atoms with E-state index < -0.39 is 0 Å². The zero-order valence-corrected chi connectivity index (χ0v) is 11.1. The van der Waals surface area contributed by atoms with E-state index in [1.165, 1.54) is 0 Å². The van der Waals surface area contributed by atoms with Crippen LogP contribution in [0.1, 0.15) is 20.8 Å². The molecule has 0 aromatic rings. The molecule has 5 nitrogen and oxygen atoms in total. The topological polar surface area (TPSA) is 56.8 Å². The number of likely N-dealkylation sites (N-methyl/N-ethyl adjacent to an activating group) is 1. The molecular formula is C12H23NO4. The Hall–Kier alpha value is -0.650. The average Bonchev–Trinajstić information content (AvgIpc) is 2.70. The van der Waals surface area contributed by atoms with Gasteiger partial charge in [-0.2, -0.15) is 0 Å². The summed E-state index contributed by atoms with van der Waals surface area (Å²) in [7, 11) is 1.82. The molecule has 1 heterocycles. The fraction of sp³-hybridized carbons (Fsp3) is 0.917. The van der Waals surface area contributed by atoms with Crippen LogP contribution in [-0.2, 0) is 19.0 Å². The maximum Gasteiger partial charge on any atom is 0.313 e. The summed E-state index contributed by atoms with van der Waals surface area (Å²) in [6, 6.07) is 0.0611. The van der Waals surface area contributed by atoms with Gasteiger partial charge in [0.25, 0.3) is 0 Å². The molecule has 1 aliphatic heterocycles. The molecule has 1 rings (SSSR count). The van der Waals surface area contributed by atoms with E-state index in [1.807, 2.05) is 27.8 Å². The van der Waals surface area contributed by atoms with E-state index in [0.29, 0.717) is 26.4 Å². The molecule has 0 bridgehead atoms. The van der Waals surface area contributed by atoms with Crippen molar-refractivity contribution in [3.8, 4) is 0 Å². The normalized spacial score (nSPS) is 24.9. The molecule has 100 valence electrons. The van der Waals surface area contributed by atoms with Crippen molar-refractivity contribution in [3.05, 3.63) is 0 Å². The van der Waals surface area contributed by atoms with Gasteiger partial charge >= 0.3 is 5.97 Å². The number of carbonyl (C=O) groups is 1. The van der Waals surface area contributed by atoms with Crippen LogP contribution in [0.3, 0.4) is 0 Å². The predicted octanol–water partition coefficient (Wildman–Crippen LogP) is 0.579. The van der Waals surface area contributed by atoms with Gasteiger partial charge in [-0.05, 0) is 27.8 Å². The summed E-state index contributed by atoms with van der Waals surface area (Å²) in [6.07, 6.45) is 0. The van der Waals surface area contributed by atoms with Crippen molar-refractivity contribution in [2.75, 3.05) is 33.5 Å². The number of nitrogens with one attached hydrogen (secondary N) is 1. The monoisotopic (exact) mass is 245 g/mol. The number of esters is 1. The van der Waals surface area contributed by atoms with Crippen molar-refractivity contribution >= 4 is 5.97 Å². The number of hydrogen-bond acceptors (Lipinski definition) is 5. The molecule has 1 N–H and O–H groups in total. The predicted molar refractivity (Wildman–Crippen MR) is 63.8 cm³/mol. The zero-order chi connectivity index (χ0) is 12.9. The first-order valence-corrected chi connectivity index (χ1v) is 5.99. The Bertz CT molecular complexity index is 249. The second-order valence-electron chi connectivity index (χ2n) is 5.17. The van der Waals surface area contributed by atoms with E-state index in [0.717, 1.165) is 0 Å². The Labute approximate surface area is 103 Å². The van der Waals surface area contributed by atoms with Crippen LogP contribution in [0.15, 0.2) is 0 Å². The molecular weight excluding hydrogens is 222 g/mol. The lowest BCUT2D eigenvalue weighted by molar-refractivity contribution is -0.152. The second-order valence-corrected chi connectivity index (χ2v) is 5.17. The van der Waals surface area contributed by atoms with Crippen LogP contribution in [0.2, 0.25) is 0 Å². The van der Waals surface area contributed by atoms with Gasteiger partial charge in [-0.3, -0.25) is 4.79 Å². The summed E-state index contributed by atoms with van der Waals surface area (Å²) in [5.41, 5.74) is -0.198. The molecule has 0 aromatic heterocycles. The molecule has 0 amide bonds. The summed E-state index contributed by atoms with van der Waals surface area (Å²) in [4.78, 5) is 11.7. The molecule has 2 atom stereocenters. The smallest absolute Gasteiger partial charge is 0.313 e. The van der Waals surface area contributed by atoms with Gasteiger partial charge in [-0.15, -0.1) is 0 Å².